The Balaban J connectivity index is 2.43. The Morgan fingerprint density at radius 2 is 2.19 bits per heavy atom. The van der Waals surface area contributed by atoms with Gasteiger partial charge in [-0.2, -0.15) is 0 Å². The number of rotatable bonds is 5. The molecule has 16 heavy (non-hydrogen) atoms. The van der Waals surface area contributed by atoms with Crippen LogP contribution < -0.4 is 11.1 Å². The number of amides is 1. The van der Waals surface area contributed by atoms with Crippen LogP contribution in [0.5, 0.6) is 0 Å². The second kappa shape index (κ2) is 6.85. The highest BCUT2D eigenvalue weighted by Gasteiger charge is 2.07. The quantitative estimate of drug-likeness (QED) is 0.815. The molecule has 0 saturated heterocycles. The first-order valence-electron chi connectivity index (χ1n) is 5.38. The summed E-state index contributed by atoms with van der Waals surface area (Å²) < 4.78 is 1.06. The Morgan fingerprint density at radius 1 is 1.50 bits per heavy atom. The summed E-state index contributed by atoms with van der Waals surface area (Å²) >= 11 is 2.21. The van der Waals surface area contributed by atoms with Crippen molar-refractivity contribution in [1.82, 2.24) is 0 Å². The van der Waals surface area contributed by atoms with Crippen molar-refractivity contribution in [3.63, 3.8) is 0 Å². The monoisotopic (exact) mass is 332 g/mol. The van der Waals surface area contributed by atoms with E-state index in [4.69, 9.17) is 5.73 Å². The maximum atomic E-state index is 11.6. The summed E-state index contributed by atoms with van der Waals surface area (Å²) in [6, 6.07) is 7.75. The van der Waals surface area contributed by atoms with Crippen molar-refractivity contribution in [2.75, 3.05) is 11.9 Å². The van der Waals surface area contributed by atoms with Crippen LogP contribution in [0.25, 0.3) is 0 Å². The summed E-state index contributed by atoms with van der Waals surface area (Å²) in [5.74, 6) is 0.463. The van der Waals surface area contributed by atoms with Crippen LogP contribution in [0.3, 0.4) is 0 Å². The van der Waals surface area contributed by atoms with Crippen molar-refractivity contribution in [3.8, 4) is 0 Å². The van der Waals surface area contributed by atoms with Gasteiger partial charge in [-0.05, 0) is 53.6 Å². The van der Waals surface area contributed by atoms with E-state index in [9.17, 15) is 4.79 Å². The number of nitrogens with one attached hydrogen (secondary N) is 1. The molecule has 0 aliphatic rings. The maximum absolute atomic E-state index is 11.6. The molecule has 0 aromatic heterocycles. The van der Waals surface area contributed by atoms with E-state index >= 15 is 0 Å². The molecule has 1 unspecified atom stereocenters. The number of hydrogen-bond acceptors (Lipinski definition) is 2. The van der Waals surface area contributed by atoms with E-state index in [0.29, 0.717) is 18.9 Å². The lowest BCUT2D eigenvalue weighted by Crippen LogP contribution is -2.16. The van der Waals surface area contributed by atoms with Gasteiger partial charge in [0.25, 0.3) is 0 Å². The molecule has 1 amide bonds. The number of halogens is 1. The van der Waals surface area contributed by atoms with E-state index in [1.165, 1.54) is 0 Å². The lowest BCUT2D eigenvalue weighted by atomic mass is 10.1. The molecule has 0 aliphatic carbocycles. The summed E-state index contributed by atoms with van der Waals surface area (Å²) in [5, 5.41) is 2.90. The molecule has 3 N–H and O–H groups in total. The molecule has 1 aromatic carbocycles. The zero-order valence-corrected chi connectivity index (χ0v) is 11.5. The minimum atomic E-state index is 0.0596. The first-order chi connectivity index (χ1) is 7.63. The molecule has 0 saturated carbocycles. The minimum Gasteiger partial charge on any atom is -0.330 e. The fourth-order valence-corrected chi connectivity index (χ4v) is 1.79. The van der Waals surface area contributed by atoms with Crippen molar-refractivity contribution in [1.29, 1.82) is 0 Å². The number of hydrogen-bond donors (Lipinski definition) is 2. The van der Waals surface area contributed by atoms with E-state index in [0.717, 1.165) is 15.7 Å². The van der Waals surface area contributed by atoms with Crippen molar-refractivity contribution in [2.24, 2.45) is 11.7 Å². The average molecular weight is 332 g/mol. The molecule has 3 nitrogen and oxygen atoms in total. The Morgan fingerprint density at radius 3 is 2.81 bits per heavy atom. The van der Waals surface area contributed by atoms with Gasteiger partial charge in [0.05, 0.1) is 5.69 Å². The van der Waals surface area contributed by atoms with Gasteiger partial charge >= 0.3 is 0 Å². The highest BCUT2D eigenvalue weighted by molar-refractivity contribution is 14.1. The van der Waals surface area contributed by atoms with E-state index < -0.39 is 0 Å². The molecule has 88 valence electrons. The van der Waals surface area contributed by atoms with Crippen LogP contribution >= 0.6 is 22.6 Å². The van der Waals surface area contributed by atoms with Gasteiger partial charge in [0.1, 0.15) is 0 Å². The van der Waals surface area contributed by atoms with Crippen LogP contribution in [0.15, 0.2) is 24.3 Å². The lowest BCUT2D eigenvalue weighted by Gasteiger charge is -2.09. The first-order valence-corrected chi connectivity index (χ1v) is 6.45. The minimum absolute atomic E-state index is 0.0596. The van der Waals surface area contributed by atoms with Gasteiger partial charge in [-0.25, -0.2) is 0 Å². The molecule has 0 bridgehead atoms. The normalized spacial score (nSPS) is 12.2. The van der Waals surface area contributed by atoms with Gasteiger partial charge in [-0.15, -0.1) is 0 Å². The number of nitrogens with two attached hydrogens (primary N) is 1. The number of carbonyl (C=O) groups excluding carboxylic acids is 1. The van der Waals surface area contributed by atoms with Crippen LogP contribution in [-0.2, 0) is 4.79 Å². The molecule has 0 heterocycles. The average Bonchev–Trinajstić information content (AvgIpc) is 2.29. The summed E-state index contributed by atoms with van der Waals surface area (Å²) in [7, 11) is 0. The Labute approximate surface area is 110 Å². The number of anilines is 1. The second-order valence-electron chi connectivity index (χ2n) is 3.91. The van der Waals surface area contributed by atoms with Gasteiger partial charge in [0.15, 0.2) is 0 Å². The van der Waals surface area contributed by atoms with E-state index in [1.807, 2.05) is 24.3 Å². The van der Waals surface area contributed by atoms with Gasteiger partial charge in [0, 0.05) is 9.99 Å². The van der Waals surface area contributed by atoms with E-state index in [1.54, 1.807) is 0 Å². The smallest absolute Gasteiger partial charge is 0.224 e. The molecule has 0 fully saturated rings. The van der Waals surface area contributed by atoms with Gasteiger partial charge < -0.3 is 11.1 Å². The van der Waals surface area contributed by atoms with Crippen LogP contribution in [0.2, 0.25) is 0 Å². The maximum Gasteiger partial charge on any atom is 0.224 e. The van der Waals surface area contributed by atoms with Crippen LogP contribution in [0.4, 0.5) is 5.69 Å². The third-order valence-corrected chi connectivity index (χ3v) is 3.36. The third-order valence-electron chi connectivity index (χ3n) is 2.41. The largest absolute Gasteiger partial charge is 0.330 e. The van der Waals surface area contributed by atoms with Crippen molar-refractivity contribution in [2.45, 2.75) is 19.8 Å². The summed E-state index contributed by atoms with van der Waals surface area (Å²) in [6.07, 6.45) is 1.37. The Kier molecular flexibility index (Phi) is 5.76. The standard InChI is InChI=1S/C12H17IN2O/c1-9(8-14)6-7-12(16)15-11-5-3-2-4-10(11)13/h2-5,9H,6-8,14H2,1H3,(H,15,16). The number of carbonyl (C=O) groups is 1. The van der Waals surface area contributed by atoms with Crippen LogP contribution in [-0.4, -0.2) is 12.5 Å². The molecule has 1 atom stereocenters. The Hall–Kier alpha value is -0.620. The molecule has 0 radical (unpaired) electrons. The van der Waals surface area contributed by atoms with Crippen molar-refractivity contribution < 1.29 is 4.79 Å². The first kappa shape index (κ1) is 13.4. The zero-order chi connectivity index (χ0) is 12.0. The fraction of sp³-hybridized carbons (Fsp3) is 0.417. The predicted molar refractivity (Wildman–Crippen MR) is 75.2 cm³/mol. The Bertz CT molecular complexity index is 355. The second-order valence-corrected chi connectivity index (χ2v) is 5.07. The fourth-order valence-electron chi connectivity index (χ4n) is 1.27. The number of para-hydroxylation sites is 1. The molecule has 0 aliphatic heterocycles. The molecular formula is C12H17IN2O. The molecule has 0 spiro atoms. The van der Waals surface area contributed by atoms with Crippen LogP contribution in [0, 0.1) is 9.49 Å². The van der Waals surface area contributed by atoms with Crippen molar-refractivity contribution >= 4 is 34.2 Å². The molecule has 1 aromatic rings. The molecule has 4 heteroatoms. The highest BCUT2D eigenvalue weighted by atomic mass is 127. The van der Waals surface area contributed by atoms with Gasteiger partial charge in [-0.1, -0.05) is 19.1 Å². The van der Waals surface area contributed by atoms with Crippen LogP contribution in [0.1, 0.15) is 19.8 Å². The SMILES string of the molecule is CC(CN)CCC(=O)Nc1ccccc1I. The lowest BCUT2D eigenvalue weighted by molar-refractivity contribution is -0.116. The molecule has 1 rings (SSSR count). The highest BCUT2D eigenvalue weighted by Crippen LogP contribution is 2.17. The zero-order valence-electron chi connectivity index (χ0n) is 9.37. The van der Waals surface area contributed by atoms with Gasteiger partial charge in [-0.3, -0.25) is 4.79 Å². The van der Waals surface area contributed by atoms with Gasteiger partial charge in [0.2, 0.25) is 5.91 Å². The van der Waals surface area contributed by atoms with Crippen molar-refractivity contribution in [3.05, 3.63) is 27.8 Å². The van der Waals surface area contributed by atoms with E-state index in [-0.39, 0.29) is 5.91 Å². The molecular weight excluding hydrogens is 315 g/mol. The topological polar surface area (TPSA) is 55.1 Å². The predicted octanol–water partition coefficient (Wildman–Crippen LogP) is 2.60. The summed E-state index contributed by atoms with van der Waals surface area (Å²) in [4.78, 5) is 11.6. The summed E-state index contributed by atoms with van der Waals surface area (Å²) in [5.41, 5.74) is 6.38. The summed E-state index contributed by atoms with van der Waals surface area (Å²) in [6.45, 7) is 2.69. The number of benzene rings is 1. The third kappa shape index (κ3) is 4.49. The van der Waals surface area contributed by atoms with E-state index in [2.05, 4.69) is 34.8 Å².